The molecule has 4 heteroatoms. The number of halogens is 1. The molecule has 273 valence electrons. The Morgan fingerprint density at radius 2 is 0.766 bits per heavy atom. The third-order valence-corrected chi connectivity index (χ3v) is 21.7. The van der Waals surface area contributed by atoms with Crippen LogP contribution in [0, 0.1) is 13.0 Å². The zero-order valence-corrected chi connectivity index (χ0v) is 34.4. The number of hydrogen-bond donors (Lipinski definition) is 0. The van der Waals surface area contributed by atoms with E-state index in [0.29, 0.717) is 7.92 Å². The van der Waals surface area contributed by atoms with Gasteiger partial charge in [0.25, 0.3) is 0 Å². The fourth-order valence-electron chi connectivity index (χ4n) is 10.8. The van der Waals surface area contributed by atoms with Gasteiger partial charge < -0.3 is 0 Å². The molecule has 0 aromatic heterocycles. The zero-order valence-electron chi connectivity index (χ0n) is 30.7. The van der Waals surface area contributed by atoms with Gasteiger partial charge in [0.1, 0.15) is 0 Å². The third kappa shape index (κ3) is 14.4. The Morgan fingerprint density at radius 1 is 0.468 bits per heavy atom. The van der Waals surface area contributed by atoms with Crippen molar-refractivity contribution in [2.75, 3.05) is 0 Å². The summed E-state index contributed by atoms with van der Waals surface area (Å²) in [5, 5.41) is 0. The van der Waals surface area contributed by atoms with Crippen molar-refractivity contribution < 1.29 is 16.5 Å². The molecule has 6 saturated carbocycles. The van der Waals surface area contributed by atoms with Gasteiger partial charge in [-0.25, -0.2) is 0 Å². The quantitative estimate of drug-likeness (QED) is 0.201. The van der Waals surface area contributed by atoms with Crippen molar-refractivity contribution >= 4 is 28.3 Å². The average molecular weight is 748 g/mol. The van der Waals surface area contributed by atoms with Crippen LogP contribution >= 0.6 is 28.3 Å². The van der Waals surface area contributed by atoms with Gasteiger partial charge >= 0.3 is 0 Å². The number of rotatable bonds is 6. The second-order valence-corrected chi connectivity index (χ2v) is 22.9. The normalized spacial score (nSPS) is 24.7. The summed E-state index contributed by atoms with van der Waals surface area (Å²) in [5.41, 5.74) is 8.45. The van der Waals surface area contributed by atoms with Gasteiger partial charge in [-0.15, -0.1) is 12.4 Å². The van der Waals surface area contributed by atoms with E-state index in [1.54, 1.807) is 173 Å². The Bertz CT molecular complexity index is 721. The second kappa shape index (κ2) is 24.9. The molecule has 1 aromatic rings. The molecule has 6 aliphatic carbocycles. The van der Waals surface area contributed by atoms with Crippen molar-refractivity contribution in [2.45, 2.75) is 234 Å². The largest absolute Gasteiger partial charge is 0.147 e. The van der Waals surface area contributed by atoms with Crippen LogP contribution in [0.3, 0.4) is 0 Å². The summed E-state index contributed by atoms with van der Waals surface area (Å²) in [6, 6.07) is 10.9. The minimum absolute atomic E-state index is 0. The van der Waals surface area contributed by atoms with E-state index in [1.165, 1.54) is 58.8 Å². The molecule has 1 radical (unpaired) electrons. The molecule has 0 N–H and O–H groups in total. The van der Waals surface area contributed by atoms with E-state index in [4.69, 9.17) is 0 Å². The number of aryl methyl sites for hydroxylation is 1. The van der Waals surface area contributed by atoms with E-state index in [1.807, 2.05) is 31.2 Å². The Hall–Kier alpha value is 0.864. The molecular formula is C43H75ClNiP2+. The van der Waals surface area contributed by atoms with Crippen LogP contribution < -0.4 is 0 Å². The Kier molecular flexibility index (Phi) is 22.4. The summed E-state index contributed by atoms with van der Waals surface area (Å²) in [5.74, 6) is 0. The summed E-state index contributed by atoms with van der Waals surface area (Å²) in [4.78, 5) is 0. The monoisotopic (exact) mass is 746 g/mol. The molecule has 0 bridgehead atoms. The van der Waals surface area contributed by atoms with E-state index in [-0.39, 0.29) is 36.8 Å². The van der Waals surface area contributed by atoms with E-state index < -0.39 is 0 Å². The maximum absolute atomic E-state index is 3.03. The molecule has 0 aliphatic heterocycles. The summed E-state index contributed by atoms with van der Waals surface area (Å²) < 4.78 is 0. The van der Waals surface area contributed by atoms with Crippen molar-refractivity contribution in [1.29, 1.82) is 0 Å². The Morgan fingerprint density at radius 3 is 1.00 bits per heavy atom. The number of benzene rings is 1. The number of hydrogen-bond acceptors (Lipinski definition) is 0. The fourth-order valence-corrected chi connectivity index (χ4v) is 20.7. The first-order valence-electron chi connectivity index (χ1n) is 20.9. The predicted molar refractivity (Wildman–Crippen MR) is 214 cm³/mol. The minimum Gasteiger partial charge on any atom is -0.147 e. The van der Waals surface area contributed by atoms with Crippen LogP contribution in [-0.4, -0.2) is 34.0 Å². The van der Waals surface area contributed by atoms with Crippen LogP contribution in [0.5, 0.6) is 0 Å². The van der Waals surface area contributed by atoms with E-state index in [0.717, 1.165) is 0 Å². The third-order valence-electron chi connectivity index (χ3n) is 13.1. The van der Waals surface area contributed by atoms with Crippen LogP contribution in [0.4, 0.5) is 0 Å². The summed E-state index contributed by atoms with van der Waals surface area (Å²) in [6.07, 6.45) is 47.4. The van der Waals surface area contributed by atoms with Crippen molar-refractivity contribution in [3.05, 3.63) is 35.9 Å². The van der Waals surface area contributed by atoms with Crippen LogP contribution in [0.1, 0.15) is 198 Å². The van der Waals surface area contributed by atoms with Crippen molar-refractivity contribution in [1.82, 2.24) is 0 Å². The first kappa shape index (κ1) is 42.3. The standard InChI is InChI=1S/2C18H33P.C7H7.ClH.Ni/c2*1-4-10-16(11-5-1)19(17-12-6-2-7-13-17)18-14-8-3-9-15-18;1-7-5-3-2-4-6-7;;/h2*16-18H,1-15H2;2-5H,1H3;1H;/p+1. The second-order valence-electron chi connectivity index (χ2n) is 16.4. The average Bonchev–Trinajstić information content (AvgIpc) is 3.12. The fraction of sp³-hybridized carbons (Fsp3) is 0.860. The van der Waals surface area contributed by atoms with E-state index in [2.05, 4.69) is 6.07 Å². The molecule has 0 heterocycles. The SMILES string of the molecule is C1CCC(P(C2CCCCC2)C2CCCCC2)CC1.C1CCC([PH+](C2CCCCC2)C2CCCCC2)CC1.Cc1[c]cccc1.Cl.[Ni]. The molecule has 0 spiro atoms. The molecule has 0 amide bonds. The molecule has 1 aromatic carbocycles. The molecule has 0 nitrogen and oxygen atoms in total. The van der Waals surface area contributed by atoms with Gasteiger partial charge in [-0.05, 0) is 151 Å². The summed E-state index contributed by atoms with van der Waals surface area (Å²) in [6.45, 7) is 2.03. The Balaban J connectivity index is 0.000000205. The minimum atomic E-state index is -0.0465. The molecule has 0 unspecified atom stereocenters. The van der Waals surface area contributed by atoms with Crippen LogP contribution in [-0.2, 0) is 16.5 Å². The van der Waals surface area contributed by atoms with Gasteiger partial charge in [-0.3, -0.25) is 0 Å². The van der Waals surface area contributed by atoms with Gasteiger partial charge in [-0.2, -0.15) is 0 Å². The van der Waals surface area contributed by atoms with E-state index >= 15 is 0 Å². The van der Waals surface area contributed by atoms with Crippen molar-refractivity contribution in [3.63, 3.8) is 0 Å². The van der Waals surface area contributed by atoms with Gasteiger partial charge in [0.2, 0.25) is 0 Å². The predicted octanol–water partition coefficient (Wildman–Crippen LogP) is 14.9. The molecule has 47 heavy (non-hydrogen) atoms. The molecule has 6 aliphatic rings. The van der Waals surface area contributed by atoms with Crippen molar-refractivity contribution in [2.24, 2.45) is 0 Å². The molecule has 6 fully saturated rings. The van der Waals surface area contributed by atoms with Crippen LogP contribution in [0.15, 0.2) is 24.3 Å². The molecule has 7 rings (SSSR count). The van der Waals surface area contributed by atoms with Crippen molar-refractivity contribution in [3.8, 4) is 0 Å². The van der Waals surface area contributed by atoms with Crippen LogP contribution in [0.2, 0.25) is 0 Å². The van der Waals surface area contributed by atoms with Crippen LogP contribution in [0.25, 0.3) is 0 Å². The molecule has 0 atom stereocenters. The first-order chi connectivity index (χ1) is 22.3. The maximum atomic E-state index is 3.03. The topological polar surface area (TPSA) is 0 Å². The smallest absolute Gasteiger partial charge is 0.0680 e. The summed E-state index contributed by atoms with van der Waals surface area (Å²) in [7, 11) is 0.338. The van der Waals surface area contributed by atoms with Gasteiger partial charge in [-0.1, -0.05) is 109 Å². The molecule has 0 saturated heterocycles. The van der Waals surface area contributed by atoms with Gasteiger partial charge in [0.05, 0.1) is 17.0 Å². The van der Waals surface area contributed by atoms with Gasteiger partial charge in [0, 0.05) is 24.4 Å². The zero-order chi connectivity index (χ0) is 30.9. The van der Waals surface area contributed by atoms with Gasteiger partial charge in [0.15, 0.2) is 0 Å². The first-order valence-corrected chi connectivity index (χ1v) is 24.1. The molecular weight excluding hydrogens is 673 g/mol. The Labute approximate surface area is 312 Å². The maximum Gasteiger partial charge on any atom is 0.0680 e. The van der Waals surface area contributed by atoms with E-state index in [9.17, 15) is 0 Å². The summed E-state index contributed by atoms with van der Waals surface area (Å²) >= 11 is 0.